The van der Waals surface area contributed by atoms with Gasteiger partial charge in [0.15, 0.2) is 0 Å². The number of methoxy groups -OCH3 is 1. The minimum atomic E-state index is -5.38. The molecule has 20 heavy (non-hydrogen) atoms. The van der Waals surface area contributed by atoms with Crippen molar-refractivity contribution in [1.29, 1.82) is 0 Å². The molecule has 1 fully saturated rings. The van der Waals surface area contributed by atoms with Gasteiger partial charge in [0.05, 0.1) is 12.7 Å². The lowest BCUT2D eigenvalue weighted by atomic mass is 10.0. The van der Waals surface area contributed by atoms with Crippen LogP contribution in [0.4, 0.5) is 26.3 Å². The monoisotopic (exact) mass is 310 g/mol. The van der Waals surface area contributed by atoms with Gasteiger partial charge in [-0.3, -0.25) is 4.74 Å². The molecule has 0 spiro atoms. The molecule has 1 rings (SSSR count). The number of halogens is 6. The lowest BCUT2D eigenvalue weighted by molar-refractivity contribution is -0.316. The van der Waals surface area contributed by atoms with Crippen LogP contribution < -0.4 is 0 Å². The molecule has 1 aliphatic heterocycles. The van der Waals surface area contributed by atoms with Crippen molar-refractivity contribution in [3.05, 3.63) is 0 Å². The van der Waals surface area contributed by atoms with Gasteiger partial charge in [-0.05, 0) is 13.3 Å². The Morgan fingerprint density at radius 2 is 1.75 bits per heavy atom. The summed E-state index contributed by atoms with van der Waals surface area (Å²) in [6, 6.07) is 0. The van der Waals surface area contributed by atoms with Gasteiger partial charge in [-0.2, -0.15) is 17.6 Å². The number of rotatable bonds is 6. The van der Waals surface area contributed by atoms with Gasteiger partial charge in [-0.25, -0.2) is 8.78 Å². The van der Waals surface area contributed by atoms with Gasteiger partial charge in [0.1, 0.15) is 6.10 Å². The van der Waals surface area contributed by atoms with Crippen molar-refractivity contribution in [3.8, 4) is 0 Å². The van der Waals surface area contributed by atoms with E-state index in [4.69, 9.17) is 4.74 Å². The smallest absolute Gasteiger partial charge is 0.375 e. The molecule has 4 unspecified atom stereocenters. The van der Waals surface area contributed by atoms with E-state index in [1.54, 1.807) is 6.92 Å². The van der Waals surface area contributed by atoms with Crippen LogP contribution in [0.3, 0.4) is 0 Å². The Labute approximate surface area is 112 Å². The second-order valence-electron chi connectivity index (χ2n) is 4.58. The molecule has 0 saturated carbocycles. The third kappa shape index (κ3) is 2.50. The third-order valence-corrected chi connectivity index (χ3v) is 3.11. The Morgan fingerprint density at radius 3 is 2.10 bits per heavy atom. The normalized spacial score (nSPS) is 35.0. The predicted octanol–water partition coefficient (Wildman–Crippen LogP) is 3.08. The second-order valence-corrected chi connectivity index (χ2v) is 4.58. The van der Waals surface area contributed by atoms with Crippen LogP contribution in [0.15, 0.2) is 0 Å². The minimum Gasteiger partial charge on any atom is -0.382 e. The molecular weight excluding hydrogens is 294 g/mol. The molecule has 120 valence electrons. The van der Waals surface area contributed by atoms with Gasteiger partial charge in [0.2, 0.25) is 0 Å². The maximum absolute atomic E-state index is 14.3. The SMILES string of the molecule is CCC(C)OC(COC)C1(F)OC(F)C(F)(F)C1(F)F. The highest BCUT2D eigenvalue weighted by atomic mass is 19.3. The summed E-state index contributed by atoms with van der Waals surface area (Å²) in [5.41, 5.74) is 0. The first-order valence-electron chi connectivity index (χ1n) is 5.95. The van der Waals surface area contributed by atoms with E-state index in [2.05, 4.69) is 9.47 Å². The lowest BCUT2D eigenvalue weighted by Gasteiger charge is -2.34. The highest BCUT2D eigenvalue weighted by Gasteiger charge is 2.84. The van der Waals surface area contributed by atoms with Crippen molar-refractivity contribution in [3.63, 3.8) is 0 Å². The molecule has 0 aromatic rings. The summed E-state index contributed by atoms with van der Waals surface area (Å²) in [6.45, 7) is 2.24. The van der Waals surface area contributed by atoms with Gasteiger partial charge in [0, 0.05) is 7.11 Å². The average Bonchev–Trinajstić information content (AvgIpc) is 2.47. The van der Waals surface area contributed by atoms with Crippen molar-refractivity contribution in [2.75, 3.05) is 13.7 Å². The molecule has 4 atom stereocenters. The summed E-state index contributed by atoms with van der Waals surface area (Å²) >= 11 is 0. The molecule has 1 heterocycles. The van der Waals surface area contributed by atoms with Crippen LogP contribution in [0.5, 0.6) is 0 Å². The third-order valence-electron chi connectivity index (χ3n) is 3.11. The van der Waals surface area contributed by atoms with E-state index >= 15 is 0 Å². The summed E-state index contributed by atoms with van der Waals surface area (Å²) in [4.78, 5) is 0. The summed E-state index contributed by atoms with van der Waals surface area (Å²) < 4.78 is 93.3. The quantitative estimate of drug-likeness (QED) is 0.706. The Balaban J connectivity index is 3.11. The van der Waals surface area contributed by atoms with E-state index in [0.29, 0.717) is 6.42 Å². The Bertz CT molecular complexity index is 340. The van der Waals surface area contributed by atoms with E-state index in [-0.39, 0.29) is 0 Å². The fraction of sp³-hybridized carbons (Fsp3) is 1.00. The first-order valence-corrected chi connectivity index (χ1v) is 5.95. The van der Waals surface area contributed by atoms with Crippen LogP contribution in [-0.2, 0) is 14.2 Å². The molecule has 0 aromatic heterocycles. The van der Waals surface area contributed by atoms with Crippen LogP contribution in [0, 0.1) is 0 Å². The minimum absolute atomic E-state index is 0.303. The molecule has 3 nitrogen and oxygen atoms in total. The van der Waals surface area contributed by atoms with Gasteiger partial charge in [-0.15, -0.1) is 0 Å². The highest BCUT2D eigenvalue weighted by Crippen LogP contribution is 2.56. The molecule has 1 aliphatic rings. The van der Waals surface area contributed by atoms with Gasteiger partial charge in [-0.1, -0.05) is 6.92 Å². The van der Waals surface area contributed by atoms with E-state index < -0.39 is 42.9 Å². The van der Waals surface area contributed by atoms with Gasteiger partial charge in [0.25, 0.3) is 6.36 Å². The summed E-state index contributed by atoms with van der Waals surface area (Å²) in [5, 5.41) is 0. The molecule has 0 amide bonds. The van der Waals surface area contributed by atoms with Crippen molar-refractivity contribution in [2.45, 2.75) is 56.5 Å². The zero-order valence-electron chi connectivity index (χ0n) is 11.1. The highest BCUT2D eigenvalue weighted by molar-refractivity contribution is 5.08. The number of ether oxygens (including phenoxy) is 3. The fourth-order valence-electron chi connectivity index (χ4n) is 1.71. The zero-order chi connectivity index (χ0) is 15.8. The van der Waals surface area contributed by atoms with Gasteiger partial charge >= 0.3 is 17.7 Å². The van der Waals surface area contributed by atoms with Crippen LogP contribution >= 0.6 is 0 Å². The molecule has 1 saturated heterocycles. The van der Waals surface area contributed by atoms with E-state index in [1.165, 1.54) is 6.92 Å². The zero-order valence-corrected chi connectivity index (χ0v) is 11.1. The fourth-order valence-corrected chi connectivity index (χ4v) is 1.71. The Hall–Kier alpha value is -0.540. The topological polar surface area (TPSA) is 27.7 Å². The van der Waals surface area contributed by atoms with Crippen molar-refractivity contribution >= 4 is 0 Å². The summed E-state index contributed by atoms with van der Waals surface area (Å²) in [5.74, 6) is -15.0. The van der Waals surface area contributed by atoms with Crippen LogP contribution in [0.1, 0.15) is 20.3 Å². The largest absolute Gasteiger partial charge is 0.382 e. The van der Waals surface area contributed by atoms with Crippen LogP contribution in [-0.4, -0.2) is 50.0 Å². The number of alkyl halides is 6. The molecule has 0 N–H and O–H groups in total. The van der Waals surface area contributed by atoms with Crippen molar-refractivity contribution in [1.82, 2.24) is 0 Å². The van der Waals surface area contributed by atoms with E-state index in [0.717, 1.165) is 7.11 Å². The summed E-state index contributed by atoms with van der Waals surface area (Å²) in [6.07, 6.45) is -6.38. The number of hydrogen-bond donors (Lipinski definition) is 0. The van der Waals surface area contributed by atoms with E-state index in [1.807, 2.05) is 0 Å². The maximum Gasteiger partial charge on any atom is 0.375 e. The first kappa shape index (κ1) is 17.5. The standard InChI is InChI=1S/C11H16F6O3/c1-4-6(2)19-7(5-18-3)10(15)11(16,17)9(13,14)8(12)20-10/h6-8H,4-5H2,1-3H3. The first-order chi connectivity index (χ1) is 9.04. The van der Waals surface area contributed by atoms with Gasteiger partial charge < -0.3 is 9.47 Å². The molecule has 0 aliphatic carbocycles. The molecule has 0 radical (unpaired) electrons. The Kier molecular flexibility index (Phi) is 4.98. The molecular formula is C11H16F6O3. The number of hydrogen-bond acceptors (Lipinski definition) is 3. The molecule has 9 heteroatoms. The van der Waals surface area contributed by atoms with Crippen molar-refractivity contribution < 1.29 is 40.6 Å². The van der Waals surface area contributed by atoms with Crippen LogP contribution in [0.2, 0.25) is 0 Å². The van der Waals surface area contributed by atoms with E-state index in [9.17, 15) is 26.3 Å². The molecule has 0 aromatic carbocycles. The van der Waals surface area contributed by atoms with Crippen molar-refractivity contribution in [2.24, 2.45) is 0 Å². The molecule has 0 bridgehead atoms. The average molecular weight is 310 g/mol. The Morgan fingerprint density at radius 1 is 1.20 bits per heavy atom. The summed E-state index contributed by atoms with van der Waals surface area (Å²) in [7, 11) is 1.04. The predicted molar refractivity (Wildman–Crippen MR) is 56.2 cm³/mol. The maximum atomic E-state index is 14.3. The second kappa shape index (κ2) is 5.69. The lowest BCUT2D eigenvalue weighted by Crippen LogP contribution is -2.59. The van der Waals surface area contributed by atoms with Crippen LogP contribution in [0.25, 0.3) is 0 Å².